The van der Waals surface area contributed by atoms with Crippen molar-refractivity contribution in [3.8, 4) is 0 Å². The van der Waals surface area contributed by atoms with Crippen LogP contribution in [0.15, 0.2) is 0 Å². The van der Waals surface area contributed by atoms with Gasteiger partial charge in [0.25, 0.3) is 0 Å². The molecule has 0 N–H and O–H groups in total. The number of esters is 2. The summed E-state index contributed by atoms with van der Waals surface area (Å²) in [6.45, 7) is 0.442. The minimum atomic E-state index is -1.23. The zero-order valence-corrected chi connectivity index (χ0v) is 8.87. The van der Waals surface area contributed by atoms with Gasteiger partial charge in [0.15, 0.2) is 5.41 Å². The number of hydrogen-bond acceptors (Lipinski definition) is 5. The van der Waals surface area contributed by atoms with E-state index >= 15 is 0 Å². The van der Waals surface area contributed by atoms with E-state index in [4.69, 9.17) is 14.2 Å². The van der Waals surface area contributed by atoms with Crippen LogP contribution in [0.4, 0.5) is 0 Å². The summed E-state index contributed by atoms with van der Waals surface area (Å²) in [5, 5.41) is 0. The second kappa shape index (κ2) is 3.20. The molecule has 0 radical (unpaired) electrons. The lowest BCUT2D eigenvalue weighted by molar-refractivity contribution is -0.173. The Labute approximate surface area is 87.7 Å². The highest BCUT2D eigenvalue weighted by atomic mass is 16.6. The summed E-state index contributed by atoms with van der Waals surface area (Å²) in [4.78, 5) is 23.6. The van der Waals surface area contributed by atoms with Crippen LogP contribution < -0.4 is 0 Å². The SMILES string of the molecule is COC(=O)C1(C(=O)OC)CCCC12CO2. The fraction of sp³-hybridized carbons (Fsp3) is 0.800. The highest BCUT2D eigenvalue weighted by Gasteiger charge is 2.73. The van der Waals surface area contributed by atoms with Crippen LogP contribution in [0, 0.1) is 5.41 Å². The molecule has 2 fully saturated rings. The van der Waals surface area contributed by atoms with Gasteiger partial charge in [0.05, 0.1) is 20.8 Å². The van der Waals surface area contributed by atoms with Gasteiger partial charge in [-0.05, 0) is 19.3 Å². The number of methoxy groups -OCH3 is 2. The van der Waals surface area contributed by atoms with Gasteiger partial charge in [0, 0.05) is 0 Å². The first-order valence-electron chi connectivity index (χ1n) is 4.94. The smallest absolute Gasteiger partial charge is 0.326 e. The first-order valence-corrected chi connectivity index (χ1v) is 4.94. The molecule has 0 amide bonds. The van der Waals surface area contributed by atoms with Gasteiger partial charge in [0.2, 0.25) is 0 Å². The second-order valence-electron chi connectivity index (χ2n) is 4.03. The Kier molecular flexibility index (Phi) is 2.22. The highest BCUT2D eigenvalue weighted by Crippen LogP contribution is 2.57. The molecule has 0 aromatic carbocycles. The zero-order chi connectivity index (χ0) is 11.1. The molecule has 15 heavy (non-hydrogen) atoms. The standard InChI is InChI=1S/C10H14O5/c1-13-7(11)10(8(12)14-2)5-3-4-9(10)6-15-9/h3-6H2,1-2H3. The molecule has 1 heterocycles. The van der Waals surface area contributed by atoms with Crippen molar-refractivity contribution in [1.29, 1.82) is 0 Å². The molecule has 1 aliphatic carbocycles. The van der Waals surface area contributed by atoms with Crippen molar-refractivity contribution in [1.82, 2.24) is 0 Å². The Balaban J connectivity index is 2.39. The topological polar surface area (TPSA) is 65.1 Å². The van der Waals surface area contributed by atoms with E-state index in [2.05, 4.69) is 0 Å². The van der Waals surface area contributed by atoms with Gasteiger partial charge in [-0.2, -0.15) is 0 Å². The minimum Gasteiger partial charge on any atom is -0.468 e. The summed E-state index contributed by atoms with van der Waals surface area (Å²) in [6, 6.07) is 0. The maximum absolute atomic E-state index is 11.8. The second-order valence-corrected chi connectivity index (χ2v) is 4.03. The number of carbonyl (C=O) groups is 2. The average molecular weight is 214 g/mol. The Morgan fingerprint density at radius 3 is 2.07 bits per heavy atom. The molecule has 1 unspecified atom stereocenters. The van der Waals surface area contributed by atoms with Gasteiger partial charge in [-0.1, -0.05) is 0 Å². The molecule has 0 aromatic rings. The lowest BCUT2D eigenvalue weighted by Crippen LogP contribution is -2.49. The van der Waals surface area contributed by atoms with Gasteiger partial charge < -0.3 is 14.2 Å². The van der Waals surface area contributed by atoms with Crippen LogP contribution >= 0.6 is 0 Å². The lowest BCUT2D eigenvalue weighted by Gasteiger charge is -2.27. The van der Waals surface area contributed by atoms with Crippen LogP contribution in [0.3, 0.4) is 0 Å². The van der Waals surface area contributed by atoms with E-state index in [1.165, 1.54) is 14.2 Å². The van der Waals surface area contributed by atoms with Crippen molar-refractivity contribution >= 4 is 11.9 Å². The van der Waals surface area contributed by atoms with Crippen molar-refractivity contribution in [3.63, 3.8) is 0 Å². The normalized spacial score (nSPS) is 31.3. The molecule has 5 nitrogen and oxygen atoms in total. The quantitative estimate of drug-likeness (QED) is 0.375. The Morgan fingerprint density at radius 2 is 1.67 bits per heavy atom. The molecule has 1 aliphatic heterocycles. The first-order chi connectivity index (χ1) is 7.13. The minimum absolute atomic E-state index is 0.442. The van der Waals surface area contributed by atoms with Crippen LogP contribution in [0.2, 0.25) is 0 Å². The third-order valence-electron chi connectivity index (χ3n) is 3.47. The molecule has 1 saturated heterocycles. The maximum Gasteiger partial charge on any atom is 0.326 e. The zero-order valence-electron chi connectivity index (χ0n) is 8.87. The molecular formula is C10H14O5. The fourth-order valence-electron chi connectivity index (χ4n) is 2.57. The average Bonchev–Trinajstić information content (AvgIpc) is 2.92. The van der Waals surface area contributed by atoms with Crippen LogP contribution in [-0.2, 0) is 23.8 Å². The van der Waals surface area contributed by atoms with Crippen LogP contribution in [-0.4, -0.2) is 38.4 Å². The fourth-order valence-corrected chi connectivity index (χ4v) is 2.57. The van der Waals surface area contributed by atoms with E-state index in [9.17, 15) is 9.59 Å². The van der Waals surface area contributed by atoms with E-state index in [1.807, 2.05) is 0 Å². The summed E-state index contributed by atoms with van der Waals surface area (Å²) >= 11 is 0. The van der Waals surface area contributed by atoms with Gasteiger partial charge in [0.1, 0.15) is 5.60 Å². The Bertz CT molecular complexity index is 289. The van der Waals surface area contributed by atoms with Crippen molar-refractivity contribution < 1.29 is 23.8 Å². The van der Waals surface area contributed by atoms with Crippen LogP contribution in [0.1, 0.15) is 19.3 Å². The maximum atomic E-state index is 11.8. The lowest BCUT2D eigenvalue weighted by atomic mass is 9.77. The molecule has 2 rings (SSSR count). The van der Waals surface area contributed by atoms with Crippen molar-refractivity contribution in [2.24, 2.45) is 5.41 Å². The van der Waals surface area contributed by atoms with E-state index in [-0.39, 0.29) is 0 Å². The largest absolute Gasteiger partial charge is 0.468 e. The number of epoxide rings is 1. The van der Waals surface area contributed by atoms with E-state index in [1.54, 1.807) is 0 Å². The van der Waals surface area contributed by atoms with Gasteiger partial charge in [-0.3, -0.25) is 9.59 Å². The molecule has 1 atom stereocenters. The number of carbonyl (C=O) groups excluding carboxylic acids is 2. The van der Waals surface area contributed by atoms with Gasteiger partial charge in [-0.15, -0.1) is 0 Å². The van der Waals surface area contributed by atoms with Crippen molar-refractivity contribution in [2.45, 2.75) is 24.9 Å². The predicted octanol–water partition coefficient (Wildman–Crippen LogP) is 0.272. The number of rotatable bonds is 2. The molecule has 0 aromatic heterocycles. The molecule has 2 aliphatic rings. The third kappa shape index (κ3) is 1.13. The molecule has 0 bridgehead atoms. The number of hydrogen-bond donors (Lipinski definition) is 0. The summed E-state index contributed by atoms with van der Waals surface area (Å²) in [5.41, 5.74) is -1.87. The first kappa shape index (κ1) is 10.4. The highest BCUT2D eigenvalue weighted by molar-refractivity contribution is 6.02. The predicted molar refractivity (Wildman–Crippen MR) is 49.0 cm³/mol. The third-order valence-corrected chi connectivity index (χ3v) is 3.47. The van der Waals surface area contributed by atoms with E-state index in [0.29, 0.717) is 13.0 Å². The molecule has 1 saturated carbocycles. The molecule has 1 spiro atoms. The van der Waals surface area contributed by atoms with Crippen molar-refractivity contribution in [3.05, 3.63) is 0 Å². The Hall–Kier alpha value is -1.10. The van der Waals surface area contributed by atoms with Crippen molar-refractivity contribution in [2.75, 3.05) is 20.8 Å². The molecular weight excluding hydrogens is 200 g/mol. The monoisotopic (exact) mass is 214 g/mol. The van der Waals surface area contributed by atoms with E-state index < -0.39 is 23.0 Å². The molecule has 84 valence electrons. The van der Waals surface area contributed by atoms with Gasteiger partial charge >= 0.3 is 11.9 Å². The summed E-state index contributed by atoms with van der Waals surface area (Å²) < 4.78 is 14.7. The molecule has 5 heteroatoms. The van der Waals surface area contributed by atoms with Crippen LogP contribution in [0.5, 0.6) is 0 Å². The van der Waals surface area contributed by atoms with Crippen LogP contribution in [0.25, 0.3) is 0 Å². The summed E-state index contributed by atoms with van der Waals surface area (Å²) in [7, 11) is 2.56. The summed E-state index contributed by atoms with van der Waals surface area (Å²) in [5.74, 6) is -1.08. The number of ether oxygens (including phenoxy) is 3. The Morgan fingerprint density at radius 1 is 1.13 bits per heavy atom. The summed E-state index contributed by atoms with van der Waals surface area (Å²) in [6.07, 6.45) is 1.95. The van der Waals surface area contributed by atoms with E-state index in [0.717, 1.165) is 12.8 Å². The van der Waals surface area contributed by atoms with Gasteiger partial charge in [-0.25, -0.2) is 0 Å².